The zero-order chi connectivity index (χ0) is 17.9. The Balaban J connectivity index is 1.61. The molecule has 0 unspecified atom stereocenters. The van der Waals surface area contributed by atoms with Crippen molar-refractivity contribution in [2.45, 2.75) is 6.54 Å². The summed E-state index contributed by atoms with van der Waals surface area (Å²) in [6.45, 7) is 0.451. The van der Waals surface area contributed by atoms with Crippen LogP contribution in [0.5, 0.6) is 0 Å². The van der Waals surface area contributed by atoms with E-state index in [9.17, 15) is 4.79 Å². The number of carbonyl (C=O) groups excluding carboxylic acids is 1. The van der Waals surface area contributed by atoms with Gasteiger partial charge in [0.15, 0.2) is 11.5 Å². The van der Waals surface area contributed by atoms with E-state index in [2.05, 4.69) is 15.4 Å². The normalized spacial score (nSPS) is 10.8. The lowest BCUT2D eigenvalue weighted by molar-refractivity contribution is 0.0951. The highest BCUT2D eigenvalue weighted by molar-refractivity contribution is 5.95. The van der Waals surface area contributed by atoms with Crippen LogP contribution >= 0.6 is 0 Å². The number of aromatic nitrogens is 3. The van der Waals surface area contributed by atoms with E-state index < -0.39 is 0 Å². The molecule has 0 atom stereocenters. The van der Waals surface area contributed by atoms with Crippen LogP contribution in [0.25, 0.3) is 17.0 Å². The van der Waals surface area contributed by atoms with Gasteiger partial charge in [0.05, 0.1) is 0 Å². The predicted octanol–water partition coefficient (Wildman–Crippen LogP) is 2.91. The lowest BCUT2D eigenvalue weighted by Crippen LogP contribution is -2.23. The number of benzene rings is 2. The molecule has 0 spiro atoms. The number of carbonyl (C=O) groups is 1. The molecule has 128 valence electrons. The first kappa shape index (κ1) is 15.8. The molecule has 0 saturated carbocycles. The minimum atomic E-state index is -0.202. The van der Waals surface area contributed by atoms with Gasteiger partial charge in [-0.25, -0.2) is 4.98 Å². The number of nitrogens with zero attached hydrogens (tertiary/aromatic N) is 3. The summed E-state index contributed by atoms with van der Waals surface area (Å²) >= 11 is 0. The lowest BCUT2D eigenvalue weighted by Gasteiger charge is -2.06. The van der Waals surface area contributed by atoms with E-state index in [1.165, 1.54) is 4.52 Å². The molecular formula is C20H17N5O. The quantitative estimate of drug-likeness (QED) is 0.597. The molecule has 0 radical (unpaired) electrons. The van der Waals surface area contributed by atoms with Gasteiger partial charge in [-0.15, -0.1) is 5.10 Å². The van der Waals surface area contributed by atoms with Gasteiger partial charge in [-0.1, -0.05) is 60.7 Å². The molecule has 4 rings (SSSR count). The molecule has 3 N–H and O–H groups in total. The minimum Gasteiger partial charge on any atom is -0.384 e. The van der Waals surface area contributed by atoms with Crippen LogP contribution in [0.3, 0.4) is 0 Å². The lowest BCUT2D eigenvalue weighted by atomic mass is 10.2. The van der Waals surface area contributed by atoms with Crippen molar-refractivity contribution >= 4 is 17.4 Å². The number of rotatable bonds is 4. The first-order chi connectivity index (χ1) is 12.7. The number of nitrogens with one attached hydrogen (secondary N) is 1. The van der Waals surface area contributed by atoms with Crippen LogP contribution in [0.4, 0.5) is 5.82 Å². The van der Waals surface area contributed by atoms with Crippen LogP contribution in [0.15, 0.2) is 72.8 Å². The molecule has 4 aromatic rings. The molecule has 6 nitrogen and oxygen atoms in total. The van der Waals surface area contributed by atoms with Crippen molar-refractivity contribution in [1.82, 2.24) is 19.9 Å². The molecule has 0 aliphatic heterocycles. The Labute approximate surface area is 150 Å². The van der Waals surface area contributed by atoms with E-state index in [0.29, 0.717) is 29.4 Å². The molecule has 1 amide bonds. The van der Waals surface area contributed by atoms with Crippen molar-refractivity contribution in [3.8, 4) is 11.4 Å². The molecular weight excluding hydrogens is 326 g/mol. The van der Waals surface area contributed by atoms with Crippen molar-refractivity contribution in [3.63, 3.8) is 0 Å². The molecule has 26 heavy (non-hydrogen) atoms. The Morgan fingerprint density at radius 2 is 1.69 bits per heavy atom. The first-order valence-corrected chi connectivity index (χ1v) is 8.24. The Bertz CT molecular complexity index is 1060. The van der Waals surface area contributed by atoms with Crippen LogP contribution < -0.4 is 11.1 Å². The van der Waals surface area contributed by atoms with E-state index in [1.54, 1.807) is 12.1 Å². The van der Waals surface area contributed by atoms with Crippen molar-refractivity contribution < 1.29 is 4.79 Å². The van der Waals surface area contributed by atoms with Crippen molar-refractivity contribution in [2.75, 3.05) is 5.73 Å². The van der Waals surface area contributed by atoms with E-state index in [0.717, 1.165) is 11.1 Å². The van der Waals surface area contributed by atoms with Gasteiger partial charge in [-0.3, -0.25) is 4.79 Å². The number of fused-ring (bicyclic) bond motifs is 1. The standard InChI is InChI=1S/C20H17N5O/c21-17-11-16(20(26)22-13-14-7-3-1-4-8-14)12-18-23-19(24-25(17)18)15-9-5-2-6-10-15/h1-12H,13,21H2,(H,22,26). The van der Waals surface area contributed by atoms with Gasteiger partial charge >= 0.3 is 0 Å². The summed E-state index contributed by atoms with van der Waals surface area (Å²) in [4.78, 5) is 17.0. The third-order valence-electron chi connectivity index (χ3n) is 4.05. The second-order valence-corrected chi connectivity index (χ2v) is 5.91. The largest absolute Gasteiger partial charge is 0.384 e. The van der Waals surface area contributed by atoms with Crippen LogP contribution in [0.2, 0.25) is 0 Å². The molecule has 2 aromatic carbocycles. The number of anilines is 1. The van der Waals surface area contributed by atoms with Gasteiger partial charge in [0.2, 0.25) is 0 Å². The maximum absolute atomic E-state index is 12.5. The predicted molar refractivity (Wildman–Crippen MR) is 100 cm³/mol. The summed E-state index contributed by atoms with van der Waals surface area (Å²) in [6, 6.07) is 22.7. The van der Waals surface area contributed by atoms with E-state index in [4.69, 9.17) is 5.73 Å². The fourth-order valence-corrected chi connectivity index (χ4v) is 2.73. The average molecular weight is 343 g/mol. The molecule has 0 aliphatic rings. The SMILES string of the molecule is Nc1cc(C(=O)NCc2ccccc2)cc2nc(-c3ccccc3)nn12. The summed E-state index contributed by atoms with van der Waals surface area (Å²) in [5.41, 5.74) is 8.99. The number of hydrogen-bond acceptors (Lipinski definition) is 4. The molecule has 0 bridgehead atoms. The Kier molecular flexibility index (Phi) is 4.07. The van der Waals surface area contributed by atoms with Crippen LogP contribution in [-0.2, 0) is 6.54 Å². The van der Waals surface area contributed by atoms with Gasteiger partial charge in [-0.05, 0) is 17.7 Å². The van der Waals surface area contributed by atoms with E-state index >= 15 is 0 Å². The number of nitrogens with two attached hydrogens (primary N) is 1. The molecule has 0 saturated heterocycles. The number of amides is 1. The Hall–Kier alpha value is -3.67. The van der Waals surface area contributed by atoms with Gasteiger partial charge in [0, 0.05) is 17.7 Å². The number of nitrogen functional groups attached to an aromatic ring is 1. The Morgan fingerprint density at radius 3 is 2.42 bits per heavy atom. The number of pyridine rings is 1. The summed E-state index contributed by atoms with van der Waals surface area (Å²) in [5, 5.41) is 7.32. The van der Waals surface area contributed by atoms with Gasteiger partial charge < -0.3 is 11.1 Å². The molecule has 2 heterocycles. The van der Waals surface area contributed by atoms with Gasteiger partial charge in [0.25, 0.3) is 5.91 Å². The van der Waals surface area contributed by atoms with Crippen molar-refractivity contribution in [3.05, 3.63) is 83.9 Å². The fraction of sp³-hybridized carbons (Fsp3) is 0.0500. The van der Waals surface area contributed by atoms with Crippen LogP contribution in [-0.4, -0.2) is 20.5 Å². The fourth-order valence-electron chi connectivity index (χ4n) is 2.73. The second kappa shape index (κ2) is 6.68. The number of hydrogen-bond donors (Lipinski definition) is 2. The van der Waals surface area contributed by atoms with Gasteiger partial charge in [-0.2, -0.15) is 4.52 Å². The first-order valence-electron chi connectivity index (χ1n) is 8.24. The molecule has 0 fully saturated rings. The van der Waals surface area contributed by atoms with Crippen LogP contribution in [0, 0.1) is 0 Å². The zero-order valence-corrected chi connectivity index (χ0v) is 14.0. The highest BCUT2D eigenvalue weighted by atomic mass is 16.1. The molecule has 6 heteroatoms. The highest BCUT2D eigenvalue weighted by Crippen LogP contribution is 2.19. The third kappa shape index (κ3) is 3.12. The molecule has 2 aromatic heterocycles. The minimum absolute atomic E-state index is 0.202. The van der Waals surface area contributed by atoms with Crippen molar-refractivity contribution in [2.24, 2.45) is 0 Å². The smallest absolute Gasteiger partial charge is 0.251 e. The summed E-state index contributed by atoms with van der Waals surface area (Å²) in [5.74, 6) is 0.730. The topological polar surface area (TPSA) is 85.3 Å². The second-order valence-electron chi connectivity index (χ2n) is 5.91. The molecule has 0 aliphatic carbocycles. The monoisotopic (exact) mass is 343 g/mol. The zero-order valence-electron chi connectivity index (χ0n) is 14.0. The Morgan fingerprint density at radius 1 is 1.00 bits per heavy atom. The van der Waals surface area contributed by atoms with Gasteiger partial charge in [0.1, 0.15) is 5.82 Å². The summed E-state index contributed by atoms with van der Waals surface area (Å²) in [7, 11) is 0. The van der Waals surface area contributed by atoms with E-state index in [-0.39, 0.29) is 5.91 Å². The van der Waals surface area contributed by atoms with E-state index in [1.807, 2.05) is 60.7 Å². The summed E-state index contributed by atoms with van der Waals surface area (Å²) < 4.78 is 1.54. The van der Waals surface area contributed by atoms with Crippen molar-refractivity contribution in [1.29, 1.82) is 0 Å². The maximum Gasteiger partial charge on any atom is 0.251 e. The average Bonchev–Trinajstić information content (AvgIpc) is 3.12. The van der Waals surface area contributed by atoms with Crippen LogP contribution in [0.1, 0.15) is 15.9 Å². The highest BCUT2D eigenvalue weighted by Gasteiger charge is 2.13. The third-order valence-corrected chi connectivity index (χ3v) is 4.05. The maximum atomic E-state index is 12.5. The summed E-state index contributed by atoms with van der Waals surface area (Å²) in [6.07, 6.45) is 0.